The fourth-order valence-corrected chi connectivity index (χ4v) is 6.24. The summed E-state index contributed by atoms with van der Waals surface area (Å²) < 4.78 is 39.0. The van der Waals surface area contributed by atoms with Crippen LogP contribution in [0.1, 0.15) is 37.3 Å². The summed E-state index contributed by atoms with van der Waals surface area (Å²) in [6.45, 7) is 7.78. The highest BCUT2D eigenvalue weighted by molar-refractivity contribution is 7.89. The van der Waals surface area contributed by atoms with E-state index in [4.69, 9.17) is 9.15 Å². The maximum Gasteiger partial charge on any atom is 0.293 e. The van der Waals surface area contributed by atoms with Gasteiger partial charge in [-0.2, -0.15) is 4.31 Å². The number of anilines is 1. The number of sulfonamides is 1. The Morgan fingerprint density at radius 2 is 1.97 bits per heavy atom. The summed E-state index contributed by atoms with van der Waals surface area (Å²) >= 11 is 0. The third-order valence-electron chi connectivity index (χ3n) is 6.49. The van der Waals surface area contributed by atoms with Gasteiger partial charge in [-0.05, 0) is 49.9 Å². The van der Waals surface area contributed by atoms with Crippen molar-refractivity contribution in [3.8, 4) is 0 Å². The minimum absolute atomic E-state index is 0.0507. The molecule has 0 unspecified atom stereocenters. The molecule has 2 aromatic rings. The number of nitrogens with zero attached hydrogens (tertiary/aromatic N) is 3. The van der Waals surface area contributed by atoms with Gasteiger partial charge in [-0.3, -0.25) is 15.0 Å². The summed E-state index contributed by atoms with van der Waals surface area (Å²) in [5.41, 5.74) is 0.0139. The highest BCUT2D eigenvalue weighted by Crippen LogP contribution is 2.32. The van der Waals surface area contributed by atoms with Crippen LogP contribution >= 0.6 is 0 Å². The standard InChI is InChI=1S/C23H32N4O6S/c1-17-4-3-9-26(16-17)34(30,31)19-6-7-20(21(14-19)27(28)29)24-15-22(23-8-5-18(2)33-23)25-10-12-32-13-11-25/h5-8,14,17,22,24H,3-4,9-13,15-16H2,1-2H3/t17-,22-/m0/s1. The second kappa shape index (κ2) is 10.4. The number of hydrogen-bond acceptors (Lipinski definition) is 8. The fourth-order valence-electron chi connectivity index (χ4n) is 4.62. The predicted molar refractivity (Wildman–Crippen MR) is 127 cm³/mol. The van der Waals surface area contributed by atoms with Gasteiger partial charge < -0.3 is 14.5 Å². The molecule has 0 aliphatic carbocycles. The van der Waals surface area contributed by atoms with E-state index in [0.29, 0.717) is 32.8 Å². The van der Waals surface area contributed by atoms with Crippen molar-refractivity contribution >= 4 is 21.4 Å². The molecule has 0 saturated carbocycles. The first-order chi connectivity index (χ1) is 16.3. The largest absolute Gasteiger partial charge is 0.465 e. The average molecular weight is 493 g/mol. The fraction of sp³-hybridized carbons (Fsp3) is 0.565. The molecule has 34 heavy (non-hydrogen) atoms. The number of nitrogens with one attached hydrogen (secondary N) is 1. The molecule has 1 aromatic heterocycles. The summed E-state index contributed by atoms with van der Waals surface area (Å²) in [5.74, 6) is 1.83. The van der Waals surface area contributed by atoms with E-state index in [1.807, 2.05) is 26.0 Å². The predicted octanol–water partition coefficient (Wildman–Crippen LogP) is 3.40. The van der Waals surface area contributed by atoms with Gasteiger partial charge in [0, 0.05) is 38.8 Å². The third kappa shape index (κ3) is 5.43. The van der Waals surface area contributed by atoms with Crippen LogP contribution in [0.15, 0.2) is 39.6 Å². The van der Waals surface area contributed by atoms with Crippen LogP contribution in [0.2, 0.25) is 0 Å². The van der Waals surface area contributed by atoms with E-state index in [2.05, 4.69) is 10.2 Å². The Balaban J connectivity index is 1.56. The zero-order chi connectivity index (χ0) is 24.3. The maximum atomic E-state index is 13.1. The van der Waals surface area contributed by atoms with Crippen molar-refractivity contribution in [2.75, 3.05) is 51.3 Å². The van der Waals surface area contributed by atoms with Crippen LogP contribution in [0.5, 0.6) is 0 Å². The number of rotatable bonds is 8. The third-order valence-corrected chi connectivity index (χ3v) is 8.35. The number of hydrogen-bond donors (Lipinski definition) is 1. The molecule has 2 aliphatic heterocycles. The molecule has 0 amide bonds. The molecule has 0 spiro atoms. The topological polar surface area (TPSA) is 118 Å². The molecular weight excluding hydrogens is 460 g/mol. The van der Waals surface area contributed by atoms with Crippen molar-refractivity contribution in [1.29, 1.82) is 0 Å². The summed E-state index contributed by atoms with van der Waals surface area (Å²) in [4.78, 5) is 13.5. The monoisotopic (exact) mass is 492 g/mol. The van der Waals surface area contributed by atoms with Crippen molar-refractivity contribution in [2.24, 2.45) is 5.92 Å². The van der Waals surface area contributed by atoms with Crippen LogP contribution in [0, 0.1) is 23.0 Å². The van der Waals surface area contributed by atoms with Gasteiger partial charge in [0.25, 0.3) is 5.69 Å². The lowest BCUT2D eigenvalue weighted by molar-refractivity contribution is -0.384. The van der Waals surface area contributed by atoms with Gasteiger partial charge in [-0.15, -0.1) is 0 Å². The molecule has 2 atom stereocenters. The van der Waals surface area contributed by atoms with E-state index in [0.717, 1.165) is 43.5 Å². The van der Waals surface area contributed by atoms with Gasteiger partial charge in [0.05, 0.1) is 29.1 Å². The zero-order valence-corrected chi connectivity index (χ0v) is 20.4. The van der Waals surface area contributed by atoms with Gasteiger partial charge in [-0.25, -0.2) is 8.42 Å². The van der Waals surface area contributed by atoms with Crippen molar-refractivity contribution < 1.29 is 22.5 Å². The molecular formula is C23H32N4O6S. The Labute approximate surface area is 200 Å². The first-order valence-electron chi connectivity index (χ1n) is 11.7. The summed E-state index contributed by atoms with van der Waals surface area (Å²) in [6, 6.07) is 7.77. The number of morpholine rings is 1. The molecule has 4 rings (SSSR count). The second-order valence-electron chi connectivity index (χ2n) is 9.04. The average Bonchev–Trinajstić information content (AvgIpc) is 3.25. The van der Waals surface area contributed by atoms with Crippen LogP contribution in [-0.2, 0) is 14.8 Å². The maximum absolute atomic E-state index is 13.1. The van der Waals surface area contributed by atoms with Crippen LogP contribution in [0.3, 0.4) is 0 Å². The highest BCUT2D eigenvalue weighted by Gasteiger charge is 2.31. The molecule has 186 valence electrons. The van der Waals surface area contributed by atoms with Crippen molar-refractivity contribution in [3.05, 3.63) is 52.0 Å². The van der Waals surface area contributed by atoms with Gasteiger partial charge in [0.15, 0.2) is 0 Å². The van der Waals surface area contributed by atoms with E-state index in [9.17, 15) is 18.5 Å². The Kier molecular flexibility index (Phi) is 7.56. The molecule has 2 aliphatic rings. The van der Waals surface area contributed by atoms with Crippen LogP contribution in [-0.4, -0.2) is 68.5 Å². The summed E-state index contributed by atoms with van der Waals surface area (Å²) in [7, 11) is -3.79. The van der Waals surface area contributed by atoms with Gasteiger partial charge in [0.1, 0.15) is 17.2 Å². The number of benzene rings is 1. The van der Waals surface area contributed by atoms with Crippen LogP contribution in [0.4, 0.5) is 11.4 Å². The number of aryl methyl sites for hydroxylation is 1. The molecule has 10 nitrogen and oxygen atoms in total. The van der Waals surface area contributed by atoms with Crippen molar-refractivity contribution in [1.82, 2.24) is 9.21 Å². The molecule has 0 bridgehead atoms. The Bertz CT molecular complexity index is 1110. The smallest absolute Gasteiger partial charge is 0.293 e. The van der Waals surface area contributed by atoms with E-state index in [1.54, 1.807) is 0 Å². The van der Waals surface area contributed by atoms with E-state index in [1.165, 1.54) is 16.4 Å². The van der Waals surface area contributed by atoms with Crippen molar-refractivity contribution in [2.45, 2.75) is 37.6 Å². The summed E-state index contributed by atoms with van der Waals surface area (Å²) in [5, 5.41) is 15.0. The van der Waals surface area contributed by atoms with Gasteiger partial charge >= 0.3 is 0 Å². The second-order valence-corrected chi connectivity index (χ2v) is 11.0. The van der Waals surface area contributed by atoms with E-state index < -0.39 is 14.9 Å². The molecule has 2 saturated heterocycles. The number of ether oxygens (including phenoxy) is 1. The zero-order valence-electron chi connectivity index (χ0n) is 19.6. The Morgan fingerprint density at radius 3 is 2.62 bits per heavy atom. The summed E-state index contributed by atoms with van der Waals surface area (Å²) in [6.07, 6.45) is 1.77. The quantitative estimate of drug-likeness (QED) is 0.440. The molecule has 2 fully saturated rings. The molecule has 1 aromatic carbocycles. The molecule has 0 radical (unpaired) electrons. The number of nitro benzene ring substituents is 1. The minimum atomic E-state index is -3.79. The number of furan rings is 1. The van der Waals surface area contributed by atoms with Gasteiger partial charge in [0.2, 0.25) is 10.0 Å². The first-order valence-corrected chi connectivity index (χ1v) is 13.1. The number of piperidine rings is 1. The molecule has 11 heteroatoms. The minimum Gasteiger partial charge on any atom is -0.465 e. The highest BCUT2D eigenvalue weighted by atomic mass is 32.2. The van der Waals surface area contributed by atoms with Crippen LogP contribution in [0.25, 0.3) is 0 Å². The Hall–Kier alpha value is -2.47. The number of nitro groups is 1. The van der Waals surface area contributed by atoms with Crippen molar-refractivity contribution in [3.63, 3.8) is 0 Å². The molecule has 3 heterocycles. The normalized spacial score (nSPS) is 21.3. The van der Waals surface area contributed by atoms with E-state index in [-0.39, 0.29) is 28.2 Å². The Morgan fingerprint density at radius 1 is 1.21 bits per heavy atom. The SMILES string of the molecule is Cc1ccc([C@H](CNc2ccc(S(=O)(=O)N3CCC[C@H](C)C3)cc2[N+](=O)[O-])N2CCOCC2)o1. The lowest BCUT2D eigenvalue weighted by atomic mass is 10.0. The van der Waals surface area contributed by atoms with Crippen LogP contribution < -0.4 is 5.32 Å². The lowest BCUT2D eigenvalue weighted by Gasteiger charge is -2.33. The lowest BCUT2D eigenvalue weighted by Crippen LogP contribution is -2.41. The first kappa shape index (κ1) is 24.6. The molecule has 1 N–H and O–H groups in total. The van der Waals surface area contributed by atoms with Gasteiger partial charge in [-0.1, -0.05) is 6.92 Å². The van der Waals surface area contributed by atoms with E-state index >= 15 is 0 Å².